The fourth-order valence-corrected chi connectivity index (χ4v) is 3.52. The van der Waals surface area contributed by atoms with Crippen LogP contribution in [0.15, 0.2) is 35.1 Å². The first-order valence-electron chi connectivity index (χ1n) is 8.06. The molecule has 2 aromatic heterocycles. The Labute approximate surface area is 149 Å². The number of hydrogen-bond donors (Lipinski definition) is 2. The quantitative estimate of drug-likeness (QED) is 0.766. The molecular formula is C17H19N3O6. The van der Waals surface area contributed by atoms with Gasteiger partial charge < -0.3 is 19.5 Å². The van der Waals surface area contributed by atoms with E-state index in [0.29, 0.717) is 32.8 Å². The molecule has 2 atom stereocenters. The molecule has 26 heavy (non-hydrogen) atoms. The van der Waals surface area contributed by atoms with Crippen LogP contribution in [0, 0.1) is 11.3 Å². The highest BCUT2D eigenvalue weighted by Gasteiger charge is 2.56. The molecule has 0 saturated carbocycles. The summed E-state index contributed by atoms with van der Waals surface area (Å²) in [6.45, 7) is 2.30. The van der Waals surface area contributed by atoms with E-state index in [1.807, 2.05) is 18.2 Å². The molecule has 2 aromatic rings. The molecule has 2 saturated heterocycles. The van der Waals surface area contributed by atoms with Crippen molar-refractivity contribution in [3.8, 4) is 11.3 Å². The molecule has 2 N–H and O–H groups in total. The number of rotatable bonds is 4. The minimum Gasteiger partial charge on any atom is -0.483 e. The van der Waals surface area contributed by atoms with E-state index < -0.39 is 11.4 Å². The second kappa shape index (κ2) is 7.63. The molecule has 0 amide bonds. The van der Waals surface area contributed by atoms with Crippen molar-refractivity contribution in [2.75, 3.05) is 26.3 Å². The van der Waals surface area contributed by atoms with Crippen molar-refractivity contribution in [2.45, 2.75) is 6.54 Å². The molecule has 4 rings (SSSR count). The Kier molecular flexibility index (Phi) is 5.29. The van der Waals surface area contributed by atoms with Crippen LogP contribution in [0.25, 0.3) is 11.3 Å². The average molecular weight is 361 g/mol. The Morgan fingerprint density at radius 1 is 1.50 bits per heavy atom. The molecular weight excluding hydrogens is 342 g/mol. The van der Waals surface area contributed by atoms with E-state index in [1.54, 1.807) is 12.4 Å². The Morgan fingerprint density at radius 3 is 2.96 bits per heavy atom. The van der Waals surface area contributed by atoms with Gasteiger partial charge in [0.15, 0.2) is 5.76 Å². The van der Waals surface area contributed by atoms with Gasteiger partial charge in [-0.25, -0.2) is 0 Å². The number of ether oxygens (including phenoxy) is 1. The standard InChI is InChI=1S/C16H17N3O4.CH2O2/c20-15(21)16-9-19(6-12(16)8-22-10-16)7-13-4-14(18-23-13)11-2-1-3-17-5-11;2-1-3/h1-5,12H,6-10H2,(H,20,21);1H,(H,2,3)/t12-,16-;/m1./s1. The third-order valence-electron chi connectivity index (χ3n) is 4.77. The lowest BCUT2D eigenvalue weighted by Gasteiger charge is -2.21. The monoisotopic (exact) mass is 361 g/mol. The average Bonchev–Trinajstić information content (AvgIpc) is 3.31. The lowest BCUT2D eigenvalue weighted by molar-refractivity contribution is -0.149. The number of hydrogen-bond acceptors (Lipinski definition) is 7. The van der Waals surface area contributed by atoms with E-state index in [9.17, 15) is 9.90 Å². The van der Waals surface area contributed by atoms with E-state index in [1.165, 1.54) is 0 Å². The first-order chi connectivity index (χ1) is 12.6. The zero-order chi connectivity index (χ0) is 18.6. The number of carbonyl (C=O) groups is 2. The molecule has 138 valence electrons. The van der Waals surface area contributed by atoms with Crippen LogP contribution in [0.3, 0.4) is 0 Å². The topological polar surface area (TPSA) is 126 Å². The lowest BCUT2D eigenvalue weighted by atomic mass is 9.81. The van der Waals surface area contributed by atoms with E-state index >= 15 is 0 Å². The van der Waals surface area contributed by atoms with Gasteiger partial charge in [-0.1, -0.05) is 5.16 Å². The molecule has 0 aliphatic carbocycles. The Morgan fingerprint density at radius 2 is 2.31 bits per heavy atom. The molecule has 9 heteroatoms. The molecule has 0 unspecified atom stereocenters. The number of carboxylic acids is 1. The molecule has 2 aliphatic rings. The third-order valence-corrected chi connectivity index (χ3v) is 4.77. The van der Waals surface area contributed by atoms with Crippen molar-refractivity contribution in [1.29, 1.82) is 0 Å². The number of likely N-dealkylation sites (tertiary alicyclic amines) is 1. The maximum Gasteiger partial charge on any atom is 0.313 e. The van der Waals surface area contributed by atoms with Gasteiger partial charge in [-0.05, 0) is 12.1 Å². The van der Waals surface area contributed by atoms with Gasteiger partial charge in [0.25, 0.3) is 6.47 Å². The van der Waals surface area contributed by atoms with Crippen molar-refractivity contribution in [3.63, 3.8) is 0 Å². The zero-order valence-electron chi connectivity index (χ0n) is 13.9. The van der Waals surface area contributed by atoms with Crippen LogP contribution >= 0.6 is 0 Å². The van der Waals surface area contributed by atoms with Crippen LogP contribution in [-0.2, 0) is 20.9 Å². The van der Waals surface area contributed by atoms with Crippen molar-refractivity contribution < 1.29 is 29.1 Å². The Hall–Kier alpha value is -2.78. The van der Waals surface area contributed by atoms with E-state index in [2.05, 4.69) is 15.0 Å². The van der Waals surface area contributed by atoms with Crippen molar-refractivity contribution in [2.24, 2.45) is 11.3 Å². The van der Waals surface area contributed by atoms with E-state index in [-0.39, 0.29) is 12.4 Å². The number of nitrogens with zero attached hydrogens (tertiary/aromatic N) is 3. The molecule has 0 aromatic carbocycles. The van der Waals surface area contributed by atoms with Gasteiger partial charge in [-0.3, -0.25) is 19.5 Å². The predicted molar refractivity (Wildman–Crippen MR) is 88.1 cm³/mol. The van der Waals surface area contributed by atoms with Gasteiger partial charge in [0.1, 0.15) is 11.1 Å². The summed E-state index contributed by atoms with van der Waals surface area (Å²) in [5.74, 6) is 0.00196. The van der Waals surface area contributed by atoms with E-state index in [4.69, 9.17) is 19.2 Å². The summed E-state index contributed by atoms with van der Waals surface area (Å²) in [6, 6.07) is 5.66. The van der Waals surface area contributed by atoms with Crippen LogP contribution < -0.4 is 0 Å². The lowest BCUT2D eigenvalue weighted by Crippen LogP contribution is -2.38. The van der Waals surface area contributed by atoms with Gasteiger partial charge >= 0.3 is 5.97 Å². The van der Waals surface area contributed by atoms with Crippen LogP contribution in [0.2, 0.25) is 0 Å². The van der Waals surface area contributed by atoms with Crippen LogP contribution in [0.1, 0.15) is 5.76 Å². The minimum absolute atomic E-state index is 0.0423. The Bertz CT molecular complexity index is 765. The number of aliphatic carboxylic acids is 1. The highest BCUT2D eigenvalue weighted by Crippen LogP contribution is 2.42. The molecule has 9 nitrogen and oxygen atoms in total. The minimum atomic E-state index is -0.772. The van der Waals surface area contributed by atoms with Gasteiger partial charge in [-0.15, -0.1) is 0 Å². The smallest absolute Gasteiger partial charge is 0.313 e. The van der Waals surface area contributed by atoms with Crippen molar-refractivity contribution >= 4 is 12.4 Å². The summed E-state index contributed by atoms with van der Waals surface area (Å²) >= 11 is 0. The molecule has 2 fully saturated rings. The normalized spacial score (nSPS) is 24.5. The second-order valence-electron chi connectivity index (χ2n) is 6.37. The van der Waals surface area contributed by atoms with Crippen molar-refractivity contribution in [1.82, 2.24) is 15.0 Å². The summed E-state index contributed by atoms with van der Waals surface area (Å²) in [4.78, 5) is 26.2. The summed E-state index contributed by atoms with van der Waals surface area (Å²) in [6.07, 6.45) is 3.44. The molecule has 0 radical (unpaired) electrons. The Balaban J connectivity index is 0.000000613. The molecule has 0 spiro atoms. The van der Waals surface area contributed by atoms with Crippen LogP contribution in [0.5, 0.6) is 0 Å². The predicted octanol–water partition coefficient (Wildman–Crippen LogP) is 0.970. The summed E-state index contributed by atoms with van der Waals surface area (Å²) in [5, 5.41) is 20.5. The first-order valence-corrected chi connectivity index (χ1v) is 8.06. The summed E-state index contributed by atoms with van der Waals surface area (Å²) < 4.78 is 10.8. The summed E-state index contributed by atoms with van der Waals surface area (Å²) in [7, 11) is 0. The number of fused-ring (bicyclic) bond motifs is 1. The molecule has 2 aliphatic heterocycles. The maximum atomic E-state index is 11.6. The fraction of sp³-hybridized carbons (Fsp3) is 0.412. The largest absolute Gasteiger partial charge is 0.483 e. The van der Waals surface area contributed by atoms with Gasteiger partial charge in [0, 0.05) is 43.0 Å². The van der Waals surface area contributed by atoms with Gasteiger partial charge in [-0.2, -0.15) is 0 Å². The third kappa shape index (κ3) is 3.44. The number of pyridine rings is 1. The SMILES string of the molecule is O=C(O)[C@]12COC[C@H]1CN(Cc1cc(-c3cccnc3)no1)C2.O=CO. The zero-order valence-corrected chi connectivity index (χ0v) is 13.9. The molecule has 0 bridgehead atoms. The number of carboxylic acid groups (broad SMARTS) is 2. The fourth-order valence-electron chi connectivity index (χ4n) is 3.52. The van der Waals surface area contributed by atoms with Crippen molar-refractivity contribution in [3.05, 3.63) is 36.4 Å². The first kappa shape index (κ1) is 18.0. The molecule has 4 heterocycles. The van der Waals surface area contributed by atoms with Gasteiger partial charge in [0.05, 0.1) is 19.8 Å². The van der Waals surface area contributed by atoms with Crippen LogP contribution in [-0.4, -0.2) is 64.0 Å². The van der Waals surface area contributed by atoms with Crippen LogP contribution in [0.4, 0.5) is 0 Å². The highest BCUT2D eigenvalue weighted by atomic mass is 16.5. The maximum absolute atomic E-state index is 11.6. The second-order valence-corrected chi connectivity index (χ2v) is 6.37. The summed E-state index contributed by atoms with van der Waals surface area (Å²) in [5.41, 5.74) is 0.867. The van der Waals surface area contributed by atoms with Gasteiger partial charge in [0.2, 0.25) is 0 Å². The highest BCUT2D eigenvalue weighted by molar-refractivity contribution is 5.76. The number of aromatic nitrogens is 2. The van der Waals surface area contributed by atoms with E-state index in [0.717, 1.165) is 17.0 Å².